The maximum Gasteiger partial charge on any atom is 0.246 e. The average Bonchev–Trinajstić information content (AvgIpc) is 2.46. The Hall–Kier alpha value is -1.16. The predicted octanol–water partition coefficient (Wildman–Crippen LogP) is 0.167. The Kier molecular flexibility index (Phi) is 4.87. The van der Waals surface area contributed by atoms with Crippen molar-refractivity contribution in [3.05, 3.63) is 22.7 Å². The van der Waals surface area contributed by atoms with E-state index < -0.39 is 22.0 Å². The fraction of sp³-hybridized carbons (Fsp3) is 0.417. The number of likely N-dealkylation sites (N-methyl/N-ethyl adjacent to an activating group) is 1. The standard InChI is InChI=1S/C12H16BrN3O4S/c1-15-12(17)10-7-20-5-4-16(10)21(18,19)11-3-2-8(13)6-9(11)14/h2-3,6,10H,4-5,7,14H2,1H3,(H,15,17). The maximum absolute atomic E-state index is 12.7. The SMILES string of the molecule is CNC(=O)C1COCCN1S(=O)(=O)c1ccc(Br)cc1N. The van der Waals surface area contributed by atoms with E-state index in [1.165, 1.54) is 19.2 Å². The first kappa shape index (κ1) is 16.2. The largest absolute Gasteiger partial charge is 0.398 e. The van der Waals surface area contributed by atoms with Crippen LogP contribution in [0.25, 0.3) is 0 Å². The molecule has 9 heteroatoms. The van der Waals surface area contributed by atoms with Crippen molar-refractivity contribution < 1.29 is 17.9 Å². The van der Waals surface area contributed by atoms with Crippen molar-refractivity contribution >= 4 is 37.5 Å². The van der Waals surface area contributed by atoms with Crippen LogP contribution in [0.4, 0.5) is 5.69 Å². The van der Waals surface area contributed by atoms with Crippen molar-refractivity contribution in [3.8, 4) is 0 Å². The van der Waals surface area contributed by atoms with E-state index in [0.29, 0.717) is 4.47 Å². The third-order valence-corrected chi connectivity index (χ3v) is 5.66. The van der Waals surface area contributed by atoms with E-state index in [9.17, 15) is 13.2 Å². The first-order valence-corrected chi connectivity index (χ1v) is 8.47. The van der Waals surface area contributed by atoms with Gasteiger partial charge in [0, 0.05) is 18.1 Å². The number of anilines is 1. The number of hydrogen-bond acceptors (Lipinski definition) is 5. The number of halogens is 1. The lowest BCUT2D eigenvalue weighted by Crippen LogP contribution is -2.55. The summed E-state index contributed by atoms with van der Waals surface area (Å²) in [5, 5.41) is 2.45. The number of benzene rings is 1. The van der Waals surface area contributed by atoms with Crippen molar-refractivity contribution in [2.75, 3.05) is 32.5 Å². The minimum Gasteiger partial charge on any atom is -0.398 e. The van der Waals surface area contributed by atoms with Crippen LogP contribution in [0, 0.1) is 0 Å². The molecule has 1 atom stereocenters. The van der Waals surface area contributed by atoms with Gasteiger partial charge in [-0.2, -0.15) is 4.31 Å². The Bertz CT molecular complexity index is 650. The molecule has 2 rings (SSSR count). The summed E-state index contributed by atoms with van der Waals surface area (Å²) in [6.45, 7) is 0.369. The lowest BCUT2D eigenvalue weighted by atomic mass is 10.2. The number of nitrogens with two attached hydrogens (primary N) is 1. The van der Waals surface area contributed by atoms with Crippen LogP contribution >= 0.6 is 15.9 Å². The van der Waals surface area contributed by atoms with Crippen LogP contribution in [0.1, 0.15) is 0 Å². The second-order valence-electron chi connectivity index (χ2n) is 4.50. The molecular weight excluding hydrogens is 362 g/mol. The molecular formula is C12H16BrN3O4S. The van der Waals surface area contributed by atoms with Gasteiger partial charge >= 0.3 is 0 Å². The molecule has 1 aliphatic heterocycles. The summed E-state index contributed by atoms with van der Waals surface area (Å²) in [6, 6.07) is 3.64. The fourth-order valence-corrected chi connectivity index (χ4v) is 4.16. The molecule has 1 aliphatic rings. The summed E-state index contributed by atoms with van der Waals surface area (Å²) in [5.41, 5.74) is 5.93. The summed E-state index contributed by atoms with van der Waals surface area (Å²) in [7, 11) is -2.41. The van der Waals surface area contributed by atoms with Gasteiger partial charge in [0.2, 0.25) is 15.9 Å². The lowest BCUT2D eigenvalue weighted by Gasteiger charge is -2.33. The molecule has 0 aromatic heterocycles. The predicted molar refractivity (Wildman–Crippen MR) is 81.1 cm³/mol. The van der Waals surface area contributed by atoms with Crippen LogP contribution in [0.2, 0.25) is 0 Å². The second kappa shape index (κ2) is 6.30. The number of rotatable bonds is 3. The van der Waals surface area contributed by atoms with Crippen LogP contribution in [0.3, 0.4) is 0 Å². The molecule has 1 aromatic rings. The van der Waals surface area contributed by atoms with Crippen LogP contribution in [0.15, 0.2) is 27.6 Å². The molecule has 7 nitrogen and oxygen atoms in total. The molecule has 0 aliphatic carbocycles. The van der Waals surface area contributed by atoms with E-state index in [0.717, 1.165) is 4.31 Å². The molecule has 1 aromatic carbocycles. The van der Waals surface area contributed by atoms with Crippen LogP contribution in [0.5, 0.6) is 0 Å². The number of amides is 1. The summed E-state index contributed by atoms with van der Waals surface area (Å²) in [6.07, 6.45) is 0. The smallest absolute Gasteiger partial charge is 0.246 e. The minimum atomic E-state index is -3.87. The molecule has 1 amide bonds. The zero-order valence-corrected chi connectivity index (χ0v) is 13.8. The Balaban J connectivity index is 2.43. The van der Waals surface area contributed by atoms with Gasteiger partial charge in [-0.05, 0) is 18.2 Å². The van der Waals surface area contributed by atoms with E-state index in [2.05, 4.69) is 21.2 Å². The highest BCUT2D eigenvalue weighted by atomic mass is 79.9. The topological polar surface area (TPSA) is 102 Å². The Labute approximate surface area is 131 Å². The third kappa shape index (κ3) is 3.20. The number of sulfonamides is 1. The molecule has 116 valence electrons. The quantitative estimate of drug-likeness (QED) is 0.730. The average molecular weight is 378 g/mol. The lowest BCUT2D eigenvalue weighted by molar-refractivity contribution is -0.128. The van der Waals surface area contributed by atoms with Crippen molar-refractivity contribution in [1.29, 1.82) is 0 Å². The van der Waals surface area contributed by atoms with Crippen LogP contribution in [-0.2, 0) is 19.6 Å². The van der Waals surface area contributed by atoms with Crippen LogP contribution < -0.4 is 11.1 Å². The number of nitrogens with zero attached hydrogens (tertiary/aromatic N) is 1. The van der Waals surface area contributed by atoms with E-state index in [-0.39, 0.29) is 30.3 Å². The molecule has 0 spiro atoms. The number of morpholine rings is 1. The first-order chi connectivity index (χ1) is 9.87. The number of hydrogen-bond donors (Lipinski definition) is 2. The van der Waals surface area contributed by atoms with E-state index in [1.54, 1.807) is 6.07 Å². The Morgan fingerprint density at radius 3 is 2.86 bits per heavy atom. The summed E-state index contributed by atoms with van der Waals surface area (Å²) in [5.74, 6) is -0.408. The molecule has 1 fully saturated rings. The van der Waals surface area contributed by atoms with Gasteiger partial charge in [-0.15, -0.1) is 0 Å². The number of carbonyl (C=O) groups is 1. The van der Waals surface area contributed by atoms with Gasteiger partial charge in [0.15, 0.2) is 0 Å². The summed E-state index contributed by atoms with van der Waals surface area (Å²) < 4.78 is 32.5. The molecule has 21 heavy (non-hydrogen) atoms. The fourth-order valence-electron chi connectivity index (χ4n) is 2.13. The third-order valence-electron chi connectivity index (χ3n) is 3.19. The molecule has 3 N–H and O–H groups in total. The zero-order valence-electron chi connectivity index (χ0n) is 11.4. The maximum atomic E-state index is 12.7. The van der Waals surface area contributed by atoms with Crippen molar-refractivity contribution in [3.63, 3.8) is 0 Å². The van der Waals surface area contributed by atoms with Crippen molar-refractivity contribution in [2.45, 2.75) is 10.9 Å². The van der Waals surface area contributed by atoms with Crippen molar-refractivity contribution in [2.24, 2.45) is 0 Å². The van der Waals surface area contributed by atoms with Gasteiger partial charge in [-0.25, -0.2) is 8.42 Å². The first-order valence-electron chi connectivity index (χ1n) is 6.24. The van der Waals surface area contributed by atoms with Crippen LogP contribution in [-0.4, -0.2) is 51.5 Å². The molecule has 1 heterocycles. The number of carbonyl (C=O) groups excluding carboxylic acids is 1. The summed E-state index contributed by atoms with van der Waals surface area (Å²) >= 11 is 3.23. The molecule has 1 unspecified atom stereocenters. The highest BCUT2D eigenvalue weighted by molar-refractivity contribution is 9.10. The Morgan fingerprint density at radius 2 is 2.24 bits per heavy atom. The number of nitrogens with one attached hydrogen (secondary N) is 1. The van der Waals surface area contributed by atoms with Gasteiger partial charge in [-0.3, -0.25) is 4.79 Å². The highest BCUT2D eigenvalue weighted by Gasteiger charge is 2.38. The zero-order chi connectivity index (χ0) is 15.6. The van der Waals surface area contributed by atoms with E-state index >= 15 is 0 Å². The van der Waals surface area contributed by atoms with Gasteiger partial charge < -0.3 is 15.8 Å². The Morgan fingerprint density at radius 1 is 1.52 bits per heavy atom. The summed E-state index contributed by atoms with van der Waals surface area (Å²) in [4.78, 5) is 11.8. The van der Waals surface area contributed by atoms with E-state index in [1.807, 2.05) is 0 Å². The van der Waals surface area contributed by atoms with Gasteiger partial charge in [0.1, 0.15) is 10.9 Å². The molecule has 0 radical (unpaired) electrons. The highest BCUT2D eigenvalue weighted by Crippen LogP contribution is 2.27. The monoisotopic (exact) mass is 377 g/mol. The molecule has 0 bridgehead atoms. The van der Waals surface area contributed by atoms with Gasteiger partial charge in [0.05, 0.1) is 18.9 Å². The number of ether oxygens (including phenoxy) is 1. The molecule has 0 saturated carbocycles. The van der Waals surface area contributed by atoms with Gasteiger partial charge in [-0.1, -0.05) is 15.9 Å². The minimum absolute atomic E-state index is 0.0125. The second-order valence-corrected chi connectivity index (χ2v) is 7.28. The molecule has 1 saturated heterocycles. The van der Waals surface area contributed by atoms with Gasteiger partial charge in [0.25, 0.3) is 0 Å². The van der Waals surface area contributed by atoms with E-state index in [4.69, 9.17) is 10.5 Å². The van der Waals surface area contributed by atoms with Crippen molar-refractivity contribution in [1.82, 2.24) is 9.62 Å². The number of nitrogen functional groups attached to an aromatic ring is 1. The normalized spacial score (nSPS) is 20.2.